The zero-order valence-corrected chi connectivity index (χ0v) is 18.7. The summed E-state index contributed by atoms with van der Waals surface area (Å²) in [5.41, 5.74) is 7.23. The van der Waals surface area contributed by atoms with Crippen LogP contribution in [0.2, 0.25) is 0 Å². The van der Waals surface area contributed by atoms with E-state index in [1.807, 2.05) is 47.6 Å². The molecule has 0 amide bonds. The number of benzene rings is 2. The summed E-state index contributed by atoms with van der Waals surface area (Å²) in [6.45, 7) is 11.5. The van der Waals surface area contributed by atoms with Gasteiger partial charge < -0.3 is 21.3 Å². The van der Waals surface area contributed by atoms with Crippen molar-refractivity contribution < 1.29 is 43.1 Å². The minimum absolute atomic E-state index is 0. The fourth-order valence-corrected chi connectivity index (χ4v) is 1.82. The summed E-state index contributed by atoms with van der Waals surface area (Å²) in [7, 11) is 0. The minimum Gasteiger partial charge on any atom is -0.673 e. The van der Waals surface area contributed by atoms with Gasteiger partial charge in [-0.2, -0.15) is 0 Å². The van der Waals surface area contributed by atoms with Crippen LogP contribution in [0.15, 0.2) is 48.5 Å². The van der Waals surface area contributed by atoms with E-state index >= 15 is 0 Å². The molecule has 0 aliphatic carbocycles. The first-order chi connectivity index (χ1) is 13.1. The molecule has 2 rings (SSSR count). The fraction of sp³-hybridized carbons (Fsp3) is 0.364. The van der Waals surface area contributed by atoms with Crippen LogP contribution in [-0.4, -0.2) is 33.2 Å². The molecule has 0 aromatic heterocycles. The zero-order valence-electron chi connectivity index (χ0n) is 18.7. The molecule has 4 N–H and O–H groups in total. The van der Waals surface area contributed by atoms with Crippen LogP contribution >= 0.6 is 0 Å². The Morgan fingerprint density at radius 2 is 1.20 bits per heavy atom. The first-order valence-electron chi connectivity index (χ1n) is 8.95. The Morgan fingerprint density at radius 1 is 0.833 bits per heavy atom. The smallest absolute Gasteiger partial charge is 0.673 e. The summed E-state index contributed by atoms with van der Waals surface area (Å²) in [4.78, 5) is 21.0. The van der Waals surface area contributed by atoms with Gasteiger partial charge in [0, 0.05) is 11.2 Å². The van der Waals surface area contributed by atoms with Gasteiger partial charge in [0.2, 0.25) is 0 Å². The van der Waals surface area contributed by atoms with E-state index in [0.717, 1.165) is 6.07 Å². The van der Waals surface area contributed by atoms with E-state index in [2.05, 4.69) is 5.32 Å². The molecule has 0 heterocycles. The van der Waals surface area contributed by atoms with Crippen LogP contribution in [0.4, 0.5) is 10.1 Å². The fourth-order valence-electron chi connectivity index (χ4n) is 1.82. The summed E-state index contributed by atoms with van der Waals surface area (Å²) >= 11 is 0. The second-order valence-corrected chi connectivity index (χ2v) is 8.26. The average Bonchev–Trinajstić information content (AvgIpc) is 2.53. The first kappa shape index (κ1) is 29.9. The Bertz CT molecular complexity index is 809. The Kier molecular flexibility index (Phi) is 13.0. The molecule has 30 heavy (non-hydrogen) atoms. The number of carbonyl (C=O) groups is 2. The number of anilines is 1. The van der Waals surface area contributed by atoms with E-state index in [0.29, 0.717) is 11.3 Å². The molecule has 0 bridgehead atoms. The van der Waals surface area contributed by atoms with Crippen molar-refractivity contribution >= 4 is 17.6 Å². The number of carboxylic acid groups (broad SMARTS) is 2. The summed E-state index contributed by atoms with van der Waals surface area (Å²) < 4.78 is 12.5. The quantitative estimate of drug-likeness (QED) is 0.672. The third-order valence-corrected chi connectivity index (χ3v) is 2.77. The van der Waals surface area contributed by atoms with Gasteiger partial charge in [0.1, 0.15) is 5.82 Å². The molecular formula is C22H30FLiN2O4. The van der Waals surface area contributed by atoms with Gasteiger partial charge in [-0.3, -0.25) is 0 Å². The van der Waals surface area contributed by atoms with E-state index in [1.165, 1.54) is 18.2 Å². The van der Waals surface area contributed by atoms with Gasteiger partial charge in [-0.15, -0.1) is 5.54 Å². The largest absolute Gasteiger partial charge is 1.00 e. The van der Waals surface area contributed by atoms with E-state index in [4.69, 9.17) is 15.9 Å². The number of nitrogens with one attached hydrogen (secondary N) is 2. The van der Waals surface area contributed by atoms with Gasteiger partial charge in [-0.1, -0.05) is 45.0 Å². The Hall–Kier alpha value is -2.33. The Morgan fingerprint density at radius 3 is 1.53 bits per heavy atom. The second-order valence-electron chi connectivity index (χ2n) is 8.26. The van der Waals surface area contributed by atoms with Crippen LogP contribution in [-0.2, 0) is 0 Å². The van der Waals surface area contributed by atoms with E-state index < -0.39 is 17.8 Å². The van der Waals surface area contributed by atoms with Gasteiger partial charge in [-0.05, 0) is 45.0 Å². The maximum absolute atomic E-state index is 12.5. The first-order valence-corrected chi connectivity index (χ1v) is 8.95. The topological polar surface area (TPSA) is 110 Å². The average molecular weight is 412 g/mol. The molecule has 0 saturated heterocycles. The summed E-state index contributed by atoms with van der Waals surface area (Å²) in [6, 6.07) is 12.2. The van der Waals surface area contributed by atoms with Gasteiger partial charge in [0.25, 0.3) is 0 Å². The van der Waals surface area contributed by atoms with Crippen LogP contribution in [0.25, 0.3) is 5.73 Å². The Balaban J connectivity index is 0. The molecule has 6 nitrogen and oxygen atoms in total. The predicted molar refractivity (Wildman–Crippen MR) is 114 cm³/mol. The molecule has 2 aromatic rings. The number of carboxylic acids is 2. The van der Waals surface area contributed by atoms with Crippen LogP contribution < -0.4 is 24.2 Å². The van der Waals surface area contributed by atoms with Crippen molar-refractivity contribution in [3.05, 3.63) is 71.2 Å². The molecule has 0 unspecified atom stereocenters. The van der Waals surface area contributed by atoms with Crippen LogP contribution in [0, 0.1) is 5.82 Å². The van der Waals surface area contributed by atoms with E-state index in [9.17, 15) is 14.0 Å². The van der Waals surface area contributed by atoms with Crippen LogP contribution in [0.3, 0.4) is 0 Å². The van der Waals surface area contributed by atoms with Crippen LogP contribution in [0.1, 0.15) is 62.3 Å². The number of hydrogen-bond acceptors (Lipinski definition) is 3. The number of hydrogen-bond donors (Lipinski definition) is 3. The van der Waals surface area contributed by atoms with Crippen molar-refractivity contribution in [3.63, 3.8) is 0 Å². The number of halogens is 1. The molecule has 0 atom stereocenters. The Labute approximate surface area is 189 Å². The summed E-state index contributed by atoms with van der Waals surface area (Å²) in [5.74, 6) is -2.84. The van der Waals surface area contributed by atoms with Crippen LogP contribution in [0.5, 0.6) is 0 Å². The van der Waals surface area contributed by atoms with Gasteiger partial charge in [0.15, 0.2) is 0 Å². The van der Waals surface area contributed by atoms with Crippen molar-refractivity contribution in [1.82, 2.24) is 0 Å². The molecule has 0 aliphatic heterocycles. The number of para-hydroxylation sites is 1. The molecular weight excluding hydrogens is 382 g/mol. The summed E-state index contributed by atoms with van der Waals surface area (Å²) in [5, 5.41) is 20.4. The zero-order chi connectivity index (χ0) is 22.8. The third-order valence-electron chi connectivity index (χ3n) is 2.77. The van der Waals surface area contributed by atoms with Crippen molar-refractivity contribution in [3.8, 4) is 0 Å². The van der Waals surface area contributed by atoms with Crippen molar-refractivity contribution in [1.29, 1.82) is 0 Å². The maximum Gasteiger partial charge on any atom is 1.00 e. The molecule has 2 aromatic carbocycles. The summed E-state index contributed by atoms with van der Waals surface area (Å²) in [6.07, 6.45) is 0. The minimum atomic E-state index is -1.24. The standard InChI is InChI=1S/C11H15NO2.C7H5FO2.C4H10N.Li/c1-11(2,3)12-9-7-5-4-6-8(9)10(13)14;8-6-4-2-1-3-5(6)7(9)10;1-4(2,3)5;/h4-7,12H,1-3H3,(H,13,14);1-4H,(H,9,10);5H,1-3H3;/q;;-1;+1. The molecule has 8 heteroatoms. The van der Waals surface area contributed by atoms with Gasteiger partial charge in [0.05, 0.1) is 11.1 Å². The second kappa shape index (κ2) is 13.1. The molecule has 0 saturated carbocycles. The molecule has 0 aliphatic rings. The molecule has 0 spiro atoms. The normalized spacial score (nSPS) is 10.3. The molecule has 0 fully saturated rings. The third kappa shape index (κ3) is 14.6. The van der Waals surface area contributed by atoms with Gasteiger partial charge in [-0.25, -0.2) is 14.0 Å². The monoisotopic (exact) mass is 412 g/mol. The van der Waals surface area contributed by atoms with E-state index in [-0.39, 0.29) is 35.5 Å². The van der Waals surface area contributed by atoms with Crippen molar-refractivity contribution in [2.75, 3.05) is 5.32 Å². The van der Waals surface area contributed by atoms with E-state index in [1.54, 1.807) is 18.2 Å². The SMILES string of the molecule is CC(C)(C)Nc1ccccc1C(=O)O.CC(C)(C)[NH-].O=C(O)c1ccccc1F.[Li+]. The van der Waals surface area contributed by atoms with Gasteiger partial charge >= 0.3 is 30.8 Å². The molecule has 0 radical (unpaired) electrons. The maximum atomic E-state index is 12.5. The van der Waals surface area contributed by atoms with Crippen molar-refractivity contribution in [2.24, 2.45) is 0 Å². The van der Waals surface area contributed by atoms with Crippen molar-refractivity contribution in [2.45, 2.75) is 52.6 Å². The predicted octanol–water partition coefficient (Wildman–Crippen LogP) is 2.96. The number of aromatic carboxylic acids is 2. The number of rotatable bonds is 3. The molecule has 160 valence electrons.